The summed E-state index contributed by atoms with van der Waals surface area (Å²) < 4.78 is 7.42. The van der Waals surface area contributed by atoms with Crippen LogP contribution in [-0.2, 0) is 11.8 Å². The Labute approximate surface area is 208 Å². The molecule has 0 unspecified atom stereocenters. The lowest BCUT2D eigenvalue weighted by Gasteiger charge is -2.38. The summed E-state index contributed by atoms with van der Waals surface area (Å²) in [5, 5.41) is 12.1. The van der Waals surface area contributed by atoms with Gasteiger partial charge >= 0.3 is 0 Å². The number of fused-ring (bicyclic) bond motifs is 1. The Kier molecular flexibility index (Phi) is 5.28. The molecule has 2 aromatic heterocycles. The lowest BCUT2D eigenvalue weighted by Crippen LogP contribution is -2.46. The number of likely N-dealkylation sites (tertiary alicyclic amines) is 1. The van der Waals surface area contributed by atoms with E-state index in [-0.39, 0.29) is 11.8 Å². The van der Waals surface area contributed by atoms with Gasteiger partial charge in [-0.2, -0.15) is 10.2 Å². The number of nitrogens with zero attached hydrogens (tertiary/aromatic N) is 5. The molecule has 1 spiro atoms. The average molecular weight is 485 g/mol. The van der Waals surface area contributed by atoms with Gasteiger partial charge in [0.2, 0.25) is 5.91 Å². The highest BCUT2D eigenvalue weighted by Crippen LogP contribution is 2.44. The van der Waals surface area contributed by atoms with Crippen molar-refractivity contribution in [3.63, 3.8) is 0 Å². The Morgan fingerprint density at radius 3 is 2.61 bits per heavy atom. The van der Waals surface area contributed by atoms with Crippen LogP contribution in [0.2, 0.25) is 0 Å². The predicted molar refractivity (Wildman–Crippen MR) is 136 cm³/mol. The molecule has 0 atom stereocenters. The molecule has 2 fully saturated rings. The maximum absolute atomic E-state index is 13.6. The fourth-order valence-corrected chi connectivity index (χ4v) is 5.63. The van der Waals surface area contributed by atoms with Gasteiger partial charge in [0, 0.05) is 66.7 Å². The number of nitrogens with one attached hydrogen (secondary N) is 1. The summed E-state index contributed by atoms with van der Waals surface area (Å²) in [6.45, 7) is 1.82. The number of aromatic nitrogens is 4. The molecule has 2 aliphatic rings. The van der Waals surface area contributed by atoms with Crippen LogP contribution in [0.25, 0.3) is 22.0 Å². The van der Waals surface area contributed by atoms with E-state index in [2.05, 4.69) is 15.3 Å². The van der Waals surface area contributed by atoms with Crippen LogP contribution in [0.1, 0.15) is 29.6 Å². The van der Waals surface area contributed by atoms with Crippen molar-refractivity contribution in [3.8, 4) is 16.9 Å². The van der Waals surface area contributed by atoms with Gasteiger partial charge in [-0.3, -0.25) is 19.4 Å². The number of ether oxygens (including phenoxy) is 1. The first-order valence-electron chi connectivity index (χ1n) is 12.2. The smallest absolute Gasteiger partial charge is 0.253 e. The number of hydrogen-bond acceptors (Lipinski definition) is 5. The zero-order valence-corrected chi connectivity index (χ0v) is 20.4. The lowest BCUT2D eigenvalue weighted by molar-refractivity contribution is -0.127. The number of hydrogen-bond donors (Lipinski definition) is 1. The molecule has 9 nitrogen and oxygen atoms in total. The van der Waals surface area contributed by atoms with Gasteiger partial charge in [-0.15, -0.1) is 0 Å². The van der Waals surface area contributed by atoms with E-state index >= 15 is 0 Å². The second-order valence-corrected chi connectivity index (χ2v) is 9.69. The van der Waals surface area contributed by atoms with Crippen LogP contribution in [0.5, 0.6) is 5.75 Å². The van der Waals surface area contributed by atoms with E-state index in [1.54, 1.807) is 24.2 Å². The summed E-state index contributed by atoms with van der Waals surface area (Å²) in [5.74, 6) is 0.857. The molecular weight excluding hydrogens is 456 g/mol. The quantitative estimate of drug-likeness (QED) is 0.477. The number of H-pyrrole nitrogens is 1. The van der Waals surface area contributed by atoms with E-state index in [4.69, 9.17) is 4.74 Å². The molecule has 2 amide bonds. The van der Waals surface area contributed by atoms with Crippen LogP contribution < -0.4 is 9.64 Å². The van der Waals surface area contributed by atoms with E-state index < -0.39 is 5.41 Å². The Hall–Kier alpha value is -4.14. The van der Waals surface area contributed by atoms with E-state index in [9.17, 15) is 9.59 Å². The van der Waals surface area contributed by atoms with Gasteiger partial charge in [0.05, 0.1) is 30.4 Å². The molecule has 0 bridgehead atoms. The molecule has 0 saturated carbocycles. The first kappa shape index (κ1) is 22.3. The summed E-state index contributed by atoms with van der Waals surface area (Å²) in [4.78, 5) is 30.6. The topological polar surface area (TPSA) is 96.3 Å². The minimum absolute atomic E-state index is 0.0116. The van der Waals surface area contributed by atoms with Crippen LogP contribution in [0.4, 0.5) is 5.69 Å². The zero-order valence-electron chi connectivity index (χ0n) is 20.4. The molecule has 2 saturated heterocycles. The highest BCUT2D eigenvalue weighted by atomic mass is 16.5. The Morgan fingerprint density at radius 1 is 1.06 bits per heavy atom. The van der Waals surface area contributed by atoms with E-state index in [0.29, 0.717) is 43.8 Å². The number of benzene rings is 2. The highest BCUT2D eigenvalue weighted by Gasteiger charge is 2.49. The third-order valence-corrected chi connectivity index (χ3v) is 7.82. The monoisotopic (exact) mass is 484 g/mol. The third kappa shape index (κ3) is 3.54. The summed E-state index contributed by atoms with van der Waals surface area (Å²) in [5.41, 5.74) is 3.94. The molecule has 6 rings (SSSR count). The Bertz CT molecular complexity index is 1450. The molecule has 4 aromatic rings. The molecule has 1 N–H and O–H groups in total. The second kappa shape index (κ2) is 8.51. The van der Waals surface area contributed by atoms with Gasteiger partial charge in [-0.25, -0.2) is 0 Å². The van der Waals surface area contributed by atoms with Gasteiger partial charge in [-0.1, -0.05) is 0 Å². The number of methoxy groups -OCH3 is 1. The maximum Gasteiger partial charge on any atom is 0.253 e. The van der Waals surface area contributed by atoms with Crippen molar-refractivity contribution in [3.05, 3.63) is 60.6 Å². The molecular formula is C27H28N6O3. The van der Waals surface area contributed by atoms with Gasteiger partial charge < -0.3 is 14.5 Å². The highest BCUT2D eigenvalue weighted by molar-refractivity contribution is 6.01. The molecule has 0 radical (unpaired) electrons. The average Bonchev–Trinajstić information content (AvgIpc) is 3.65. The fourth-order valence-electron chi connectivity index (χ4n) is 5.63. The standard InChI is InChI=1S/C27H28N6O3/c1-31-23-6-3-18(13-19(23)17-30-31)25(34)32-10-7-27(8-11-32)9-12-33(26(27)35)21-4-5-22(24(14-21)36-2)20-15-28-29-16-20/h3-6,13-17H,7-12H2,1-2H3,(H,28,29). The van der Waals surface area contributed by atoms with Crippen molar-refractivity contribution in [2.75, 3.05) is 31.6 Å². The lowest BCUT2D eigenvalue weighted by atomic mass is 9.77. The van der Waals surface area contributed by atoms with Crippen molar-refractivity contribution in [1.82, 2.24) is 24.9 Å². The minimum atomic E-state index is -0.416. The van der Waals surface area contributed by atoms with Crippen molar-refractivity contribution in [1.29, 1.82) is 0 Å². The Balaban J connectivity index is 1.16. The molecule has 9 heteroatoms. The summed E-state index contributed by atoms with van der Waals surface area (Å²) in [6.07, 6.45) is 7.48. The van der Waals surface area contributed by atoms with Gasteiger partial charge in [-0.05, 0) is 49.6 Å². The normalized spacial score (nSPS) is 17.3. The van der Waals surface area contributed by atoms with Crippen molar-refractivity contribution < 1.29 is 14.3 Å². The van der Waals surface area contributed by atoms with Crippen LogP contribution >= 0.6 is 0 Å². The second-order valence-electron chi connectivity index (χ2n) is 9.69. The Morgan fingerprint density at radius 2 is 1.86 bits per heavy atom. The maximum atomic E-state index is 13.6. The SMILES string of the molecule is COc1cc(N2CCC3(CCN(C(=O)c4ccc5c(cnn5C)c4)CC3)C2=O)ccc1-c1cn[nH]c1. The van der Waals surface area contributed by atoms with Crippen LogP contribution in [-0.4, -0.2) is 63.4 Å². The van der Waals surface area contributed by atoms with Crippen LogP contribution in [0.3, 0.4) is 0 Å². The number of carbonyl (C=O) groups excluding carboxylic acids is 2. The fraction of sp³-hybridized carbons (Fsp3) is 0.333. The predicted octanol–water partition coefficient (Wildman–Crippen LogP) is 3.63. The number of piperidine rings is 1. The van der Waals surface area contributed by atoms with Crippen LogP contribution in [0.15, 0.2) is 55.0 Å². The van der Waals surface area contributed by atoms with E-state index in [1.807, 2.05) is 59.4 Å². The number of aromatic amines is 1. The largest absolute Gasteiger partial charge is 0.496 e. The van der Waals surface area contributed by atoms with Crippen LogP contribution in [0, 0.1) is 5.41 Å². The molecule has 0 aliphatic carbocycles. The number of amides is 2. The molecule has 36 heavy (non-hydrogen) atoms. The number of aryl methyl sites for hydroxylation is 1. The first-order chi connectivity index (χ1) is 17.5. The third-order valence-electron chi connectivity index (χ3n) is 7.82. The summed E-state index contributed by atoms with van der Waals surface area (Å²) in [7, 11) is 3.52. The molecule has 4 heterocycles. The molecule has 184 valence electrons. The van der Waals surface area contributed by atoms with Gasteiger partial charge in [0.15, 0.2) is 0 Å². The first-order valence-corrected chi connectivity index (χ1v) is 12.2. The number of rotatable bonds is 4. The van der Waals surface area contributed by atoms with Crippen molar-refractivity contribution >= 4 is 28.4 Å². The van der Waals surface area contributed by atoms with Crippen molar-refractivity contribution in [2.24, 2.45) is 12.5 Å². The van der Waals surface area contributed by atoms with E-state index in [0.717, 1.165) is 34.1 Å². The van der Waals surface area contributed by atoms with Gasteiger partial charge in [0.1, 0.15) is 5.75 Å². The van der Waals surface area contributed by atoms with Gasteiger partial charge in [0.25, 0.3) is 5.91 Å². The molecule has 2 aromatic carbocycles. The number of anilines is 1. The van der Waals surface area contributed by atoms with E-state index in [1.165, 1.54) is 0 Å². The summed E-state index contributed by atoms with van der Waals surface area (Å²) >= 11 is 0. The van der Waals surface area contributed by atoms with Crippen molar-refractivity contribution in [2.45, 2.75) is 19.3 Å². The molecule has 2 aliphatic heterocycles. The minimum Gasteiger partial charge on any atom is -0.496 e. The number of carbonyl (C=O) groups is 2. The summed E-state index contributed by atoms with van der Waals surface area (Å²) in [6, 6.07) is 11.6. The zero-order chi connectivity index (χ0) is 24.9.